The van der Waals surface area contributed by atoms with E-state index in [0.29, 0.717) is 29.0 Å². The third kappa shape index (κ3) is 3.37. The van der Waals surface area contributed by atoms with Crippen LogP contribution in [0.5, 0.6) is 11.5 Å². The van der Waals surface area contributed by atoms with Crippen molar-refractivity contribution in [3.8, 4) is 11.5 Å². The Labute approximate surface area is 150 Å². The van der Waals surface area contributed by atoms with E-state index >= 15 is 0 Å². The van der Waals surface area contributed by atoms with Gasteiger partial charge in [0.05, 0.1) is 12.6 Å². The fourth-order valence-corrected chi connectivity index (χ4v) is 3.43. The molecule has 1 heterocycles. The molecule has 0 spiro atoms. The van der Waals surface area contributed by atoms with E-state index in [9.17, 15) is 18.3 Å². The largest absolute Gasteiger partial charge is 0.507 e. The van der Waals surface area contributed by atoms with Crippen LogP contribution in [0.2, 0.25) is 0 Å². The predicted octanol–water partition coefficient (Wildman–Crippen LogP) is 3.96. The number of rotatable bonds is 4. The van der Waals surface area contributed by atoms with Crippen molar-refractivity contribution in [1.29, 1.82) is 0 Å². The molecule has 0 amide bonds. The number of phenolic OH excluding ortho intramolecular Hbond substituents is 1. The Bertz CT molecular complexity index is 765. The molecule has 4 nitrogen and oxygen atoms in total. The molecule has 1 saturated heterocycles. The Balaban J connectivity index is 2.05. The molecule has 1 aliphatic rings. The number of hydrogen-bond acceptors (Lipinski definition) is 4. The molecule has 1 fully saturated rings. The number of hydrazine groups is 1. The van der Waals surface area contributed by atoms with E-state index in [4.69, 9.17) is 4.74 Å². The highest BCUT2D eigenvalue weighted by Gasteiger charge is 2.52. The SMILES string of the molecule is CCOc1ccc(C2NNC(C(F)(F)F)C2c2ccccc2)c(O)c1C. The third-order valence-corrected chi connectivity index (χ3v) is 4.70. The second-order valence-electron chi connectivity index (χ2n) is 6.28. The minimum Gasteiger partial charge on any atom is -0.507 e. The van der Waals surface area contributed by atoms with Crippen LogP contribution in [0.15, 0.2) is 42.5 Å². The summed E-state index contributed by atoms with van der Waals surface area (Å²) in [6.07, 6.45) is -4.43. The van der Waals surface area contributed by atoms with Crippen molar-refractivity contribution in [2.75, 3.05) is 6.61 Å². The monoisotopic (exact) mass is 366 g/mol. The first kappa shape index (κ1) is 18.5. The number of ether oxygens (including phenoxy) is 1. The molecule has 3 rings (SSSR count). The standard InChI is InChI=1S/C19H21F3N2O2/c1-3-26-14-10-9-13(17(25)11(14)2)16-15(12-7-5-4-6-8-12)18(24-23-16)19(20,21)22/h4-10,15-16,18,23-25H,3H2,1-2H3. The maximum Gasteiger partial charge on any atom is 0.405 e. The first-order valence-electron chi connectivity index (χ1n) is 8.42. The number of alkyl halides is 3. The maximum absolute atomic E-state index is 13.5. The van der Waals surface area contributed by atoms with Gasteiger partial charge >= 0.3 is 6.18 Å². The smallest absolute Gasteiger partial charge is 0.405 e. The van der Waals surface area contributed by atoms with E-state index < -0.39 is 24.2 Å². The van der Waals surface area contributed by atoms with Crippen LogP contribution >= 0.6 is 0 Å². The number of nitrogens with one attached hydrogen (secondary N) is 2. The average molecular weight is 366 g/mol. The normalized spacial score (nSPS) is 23.2. The molecule has 3 unspecified atom stereocenters. The lowest BCUT2D eigenvalue weighted by Crippen LogP contribution is -2.43. The van der Waals surface area contributed by atoms with Crippen LogP contribution in [-0.4, -0.2) is 23.9 Å². The average Bonchev–Trinajstić information content (AvgIpc) is 3.05. The molecule has 3 N–H and O–H groups in total. The van der Waals surface area contributed by atoms with E-state index in [1.165, 1.54) is 0 Å². The summed E-state index contributed by atoms with van der Waals surface area (Å²) in [6.45, 7) is 3.95. The molecule has 0 aromatic heterocycles. The summed E-state index contributed by atoms with van der Waals surface area (Å²) in [5.41, 5.74) is 6.54. The molecular weight excluding hydrogens is 345 g/mol. The minimum atomic E-state index is -4.43. The van der Waals surface area contributed by atoms with Gasteiger partial charge in [-0.15, -0.1) is 0 Å². The van der Waals surface area contributed by atoms with Crippen molar-refractivity contribution in [3.05, 3.63) is 59.2 Å². The molecule has 0 radical (unpaired) electrons. The van der Waals surface area contributed by atoms with Crippen LogP contribution in [0.4, 0.5) is 13.2 Å². The van der Waals surface area contributed by atoms with Crippen molar-refractivity contribution in [1.82, 2.24) is 10.9 Å². The fourth-order valence-electron chi connectivity index (χ4n) is 3.43. The van der Waals surface area contributed by atoms with E-state index in [-0.39, 0.29) is 5.75 Å². The van der Waals surface area contributed by atoms with Gasteiger partial charge in [-0.2, -0.15) is 13.2 Å². The van der Waals surface area contributed by atoms with E-state index in [0.717, 1.165) is 0 Å². The van der Waals surface area contributed by atoms with Crippen LogP contribution in [0.3, 0.4) is 0 Å². The summed E-state index contributed by atoms with van der Waals surface area (Å²) in [4.78, 5) is 0. The van der Waals surface area contributed by atoms with Gasteiger partial charge in [-0.1, -0.05) is 30.3 Å². The van der Waals surface area contributed by atoms with Crippen molar-refractivity contribution < 1.29 is 23.0 Å². The Morgan fingerprint density at radius 1 is 1.08 bits per heavy atom. The molecule has 2 aromatic carbocycles. The van der Waals surface area contributed by atoms with Gasteiger partial charge in [0, 0.05) is 17.0 Å². The van der Waals surface area contributed by atoms with E-state index in [2.05, 4.69) is 10.9 Å². The fraction of sp³-hybridized carbons (Fsp3) is 0.368. The summed E-state index contributed by atoms with van der Waals surface area (Å²) >= 11 is 0. The molecule has 3 atom stereocenters. The summed E-state index contributed by atoms with van der Waals surface area (Å²) in [5, 5.41) is 10.6. The number of halogens is 3. The molecule has 0 bridgehead atoms. The number of hydrogen-bond donors (Lipinski definition) is 3. The van der Waals surface area contributed by atoms with Crippen molar-refractivity contribution in [2.24, 2.45) is 0 Å². The summed E-state index contributed by atoms with van der Waals surface area (Å²) in [7, 11) is 0. The second-order valence-corrected chi connectivity index (χ2v) is 6.28. The second kappa shape index (κ2) is 7.17. The van der Waals surface area contributed by atoms with Gasteiger partial charge in [-0.05, 0) is 31.5 Å². The summed E-state index contributed by atoms with van der Waals surface area (Å²) < 4.78 is 46.1. The lowest BCUT2D eigenvalue weighted by Gasteiger charge is -2.26. The highest BCUT2D eigenvalue weighted by molar-refractivity contribution is 5.51. The molecule has 26 heavy (non-hydrogen) atoms. The zero-order valence-corrected chi connectivity index (χ0v) is 14.5. The van der Waals surface area contributed by atoms with Crippen LogP contribution < -0.4 is 15.6 Å². The third-order valence-electron chi connectivity index (χ3n) is 4.70. The van der Waals surface area contributed by atoms with Crippen molar-refractivity contribution >= 4 is 0 Å². The van der Waals surface area contributed by atoms with Crippen molar-refractivity contribution in [2.45, 2.75) is 38.0 Å². The molecule has 7 heteroatoms. The highest BCUT2D eigenvalue weighted by atomic mass is 19.4. The van der Waals surface area contributed by atoms with Crippen LogP contribution in [0.25, 0.3) is 0 Å². The Morgan fingerprint density at radius 3 is 2.38 bits per heavy atom. The number of phenols is 1. The first-order chi connectivity index (χ1) is 12.3. The van der Waals surface area contributed by atoms with Gasteiger partial charge in [-0.25, -0.2) is 10.9 Å². The molecule has 140 valence electrons. The Morgan fingerprint density at radius 2 is 1.77 bits per heavy atom. The lowest BCUT2D eigenvalue weighted by molar-refractivity contribution is -0.156. The Hall–Kier alpha value is -2.25. The highest BCUT2D eigenvalue weighted by Crippen LogP contribution is 2.46. The molecule has 0 aliphatic carbocycles. The quantitative estimate of drug-likeness (QED) is 0.767. The predicted molar refractivity (Wildman–Crippen MR) is 92.1 cm³/mol. The van der Waals surface area contributed by atoms with Gasteiger partial charge in [0.15, 0.2) is 0 Å². The summed E-state index contributed by atoms with van der Waals surface area (Å²) in [6, 6.07) is 9.31. The molecule has 0 saturated carbocycles. The van der Waals surface area contributed by atoms with E-state index in [1.54, 1.807) is 49.4 Å². The molecule has 1 aliphatic heterocycles. The first-order valence-corrected chi connectivity index (χ1v) is 8.42. The maximum atomic E-state index is 13.5. The van der Waals surface area contributed by atoms with Crippen LogP contribution in [-0.2, 0) is 0 Å². The summed E-state index contributed by atoms with van der Waals surface area (Å²) in [5.74, 6) is -0.457. The number of benzene rings is 2. The van der Waals surface area contributed by atoms with Crippen LogP contribution in [0, 0.1) is 6.92 Å². The van der Waals surface area contributed by atoms with E-state index in [1.807, 2.05) is 6.92 Å². The van der Waals surface area contributed by atoms with Gasteiger partial charge in [-0.3, -0.25) is 0 Å². The molecule has 2 aromatic rings. The minimum absolute atomic E-state index is 0.0565. The zero-order chi connectivity index (χ0) is 18.9. The van der Waals surface area contributed by atoms with Gasteiger partial charge < -0.3 is 9.84 Å². The topological polar surface area (TPSA) is 53.5 Å². The van der Waals surface area contributed by atoms with Gasteiger partial charge in [0.25, 0.3) is 0 Å². The van der Waals surface area contributed by atoms with Crippen LogP contribution in [0.1, 0.15) is 35.6 Å². The number of aromatic hydroxyl groups is 1. The lowest BCUT2D eigenvalue weighted by atomic mass is 9.82. The zero-order valence-electron chi connectivity index (χ0n) is 14.5. The molecular formula is C19H21F3N2O2. The van der Waals surface area contributed by atoms with Gasteiger partial charge in [0.1, 0.15) is 17.5 Å². The van der Waals surface area contributed by atoms with Gasteiger partial charge in [0.2, 0.25) is 0 Å². The van der Waals surface area contributed by atoms with Crippen molar-refractivity contribution in [3.63, 3.8) is 0 Å². The Kier molecular flexibility index (Phi) is 5.11.